The lowest BCUT2D eigenvalue weighted by atomic mass is 10.2. The van der Waals surface area contributed by atoms with Gasteiger partial charge in [-0.05, 0) is 42.8 Å². The van der Waals surface area contributed by atoms with Gasteiger partial charge in [-0.1, -0.05) is 15.9 Å². The molecule has 6 heteroatoms. The Morgan fingerprint density at radius 3 is 2.20 bits per heavy atom. The Kier molecular flexibility index (Phi) is 4.34. The lowest BCUT2D eigenvalue weighted by Gasteiger charge is -2.09. The number of anilines is 2. The van der Waals surface area contributed by atoms with Crippen LogP contribution in [-0.2, 0) is 0 Å². The van der Waals surface area contributed by atoms with Gasteiger partial charge in [0.15, 0.2) is 11.6 Å². The monoisotopic (exact) mass is 340 g/mol. The largest absolute Gasteiger partial charge is 0.323 e. The summed E-state index contributed by atoms with van der Waals surface area (Å²) in [5.41, 5.74) is 1.75. The van der Waals surface area contributed by atoms with Crippen molar-refractivity contribution >= 4 is 33.3 Å². The molecule has 0 heterocycles. The van der Waals surface area contributed by atoms with Crippen LogP contribution < -0.4 is 10.6 Å². The second-order valence-electron chi connectivity index (χ2n) is 4.17. The van der Waals surface area contributed by atoms with Gasteiger partial charge >= 0.3 is 6.03 Å². The van der Waals surface area contributed by atoms with Crippen molar-refractivity contribution in [1.82, 2.24) is 0 Å². The molecule has 20 heavy (non-hydrogen) atoms. The van der Waals surface area contributed by atoms with E-state index < -0.39 is 17.7 Å². The molecular formula is C14H11BrF2N2O. The second kappa shape index (κ2) is 6.00. The Labute approximate surface area is 123 Å². The first-order valence-corrected chi connectivity index (χ1v) is 6.54. The number of hydrogen-bond acceptors (Lipinski definition) is 1. The quantitative estimate of drug-likeness (QED) is 0.818. The summed E-state index contributed by atoms with van der Waals surface area (Å²) in [5.74, 6) is -1.97. The lowest BCUT2D eigenvalue weighted by molar-refractivity contribution is 0.262. The van der Waals surface area contributed by atoms with Crippen LogP contribution in [0.2, 0.25) is 0 Å². The van der Waals surface area contributed by atoms with Gasteiger partial charge in [0.25, 0.3) is 0 Å². The topological polar surface area (TPSA) is 41.1 Å². The number of amides is 2. The molecule has 0 bridgehead atoms. The van der Waals surface area contributed by atoms with Crippen LogP contribution in [0.1, 0.15) is 5.56 Å². The first kappa shape index (κ1) is 14.5. The summed E-state index contributed by atoms with van der Waals surface area (Å²) in [6.45, 7) is 1.89. The van der Waals surface area contributed by atoms with Crippen molar-refractivity contribution in [3.8, 4) is 0 Å². The molecule has 0 aliphatic rings. The van der Waals surface area contributed by atoms with Crippen molar-refractivity contribution in [2.75, 3.05) is 10.6 Å². The Bertz CT molecular complexity index is 606. The van der Waals surface area contributed by atoms with Crippen molar-refractivity contribution in [2.24, 2.45) is 0 Å². The van der Waals surface area contributed by atoms with Crippen LogP contribution in [0.4, 0.5) is 25.0 Å². The molecule has 0 saturated heterocycles. The average molecular weight is 341 g/mol. The van der Waals surface area contributed by atoms with Crippen molar-refractivity contribution in [3.05, 3.63) is 58.1 Å². The van der Waals surface area contributed by atoms with Crippen molar-refractivity contribution in [3.63, 3.8) is 0 Å². The zero-order valence-electron chi connectivity index (χ0n) is 10.5. The number of nitrogens with one attached hydrogen (secondary N) is 2. The van der Waals surface area contributed by atoms with Crippen LogP contribution in [-0.4, -0.2) is 6.03 Å². The third kappa shape index (κ3) is 3.54. The SMILES string of the molecule is Cc1cc(NC(=O)Nc2ccc(F)c(F)c2)ccc1Br. The highest BCUT2D eigenvalue weighted by Crippen LogP contribution is 2.20. The normalized spacial score (nSPS) is 10.2. The number of carbonyl (C=O) groups is 1. The van der Waals surface area contributed by atoms with E-state index >= 15 is 0 Å². The fraction of sp³-hybridized carbons (Fsp3) is 0.0714. The van der Waals surface area contributed by atoms with Gasteiger partial charge in [-0.2, -0.15) is 0 Å². The molecule has 0 atom stereocenters. The second-order valence-corrected chi connectivity index (χ2v) is 5.03. The van der Waals surface area contributed by atoms with E-state index in [-0.39, 0.29) is 5.69 Å². The van der Waals surface area contributed by atoms with Crippen molar-refractivity contribution < 1.29 is 13.6 Å². The van der Waals surface area contributed by atoms with Crippen LogP contribution >= 0.6 is 15.9 Å². The summed E-state index contributed by atoms with van der Waals surface area (Å²) in [5, 5.41) is 5.03. The highest BCUT2D eigenvalue weighted by molar-refractivity contribution is 9.10. The van der Waals surface area contributed by atoms with Crippen LogP contribution in [0.5, 0.6) is 0 Å². The fourth-order valence-electron chi connectivity index (χ4n) is 1.59. The zero-order chi connectivity index (χ0) is 14.7. The molecule has 0 aromatic heterocycles. The van der Waals surface area contributed by atoms with E-state index in [2.05, 4.69) is 26.6 Å². The minimum absolute atomic E-state index is 0.176. The van der Waals surface area contributed by atoms with Crippen LogP contribution in [0.15, 0.2) is 40.9 Å². The van der Waals surface area contributed by atoms with E-state index in [1.54, 1.807) is 12.1 Å². The molecular weight excluding hydrogens is 330 g/mol. The third-order valence-corrected chi connectivity index (χ3v) is 3.48. The summed E-state index contributed by atoms with van der Waals surface area (Å²) in [6, 6.07) is 7.94. The molecule has 0 radical (unpaired) electrons. The number of benzene rings is 2. The Balaban J connectivity index is 2.04. The molecule has 104 valence electrons. The van der Waals surface area contributed by atoms with E-state index in [4.69, 9.17) is 0 Å². The lowest BCUT2D eigenvalue weighted by Crippen LogP contribution is -2.19. The molecule has 0 fully saturated rings. The molecule has 2 aromatic carbocycles. The van der Waals surface area contributed by atoms with E-state index in [0.717, 1.165) is 22.2 Å². The molecule has 0 aliphatic carbocycles. The third-order valence-electron chi connectivity index (χ3n) is 2.59. The molecule has 2 rings (SSSR count). The molecule has 0 aliphatic heterocycles. The van der Waals surface area contributed by atoms with E-state index in [1.807, 2.05) is 13.0 Å². The number of rotatable bonds is 2. The van der Waals surface area contributed by atoms with Crippen LogP contribution in [0.3, 0.4) is 0 Å². The maximum absolute atomic E-state index is 13.0. The average Bonchev–Trinajstić information content (AvgIpc) is 2.38. The predicted octanol–water partition coefficient (Wildman–Crippen LogP) is 4.68. The molecule has 0 saturated carbocycles. The molecule has 2 amide bonds. The number of halogens is 3. The zero-order valence-corrected chi connectivity index (χ0v) is 12.1. The molecule has 0 spiro atoms. The van der Waals surface area contributed by atoms with E-state index in [0.29, 0.717) is 5.69 Å². The molecule has 3 nitrogen and oxygen atoms in total. The van der Waals surface area contributed by atoms with E-state index in [9.17, 15) is 13.6 Å². The van der Waals surface area contributed by atoms with E-state index in [1.165, 1.54) is 6.07 Å². The first-order valence-electron chi connectivity index (χ1n) is 5.75. The predicted molar refractivity (Wildman–Crippen MR) is 77.9 cm³/mol. The summed E-state index contributed by atoms with van der Waals surface area (Å²) in [7, 11) is 0. The summed E-state index contributed by atoms with van der Waals surface area (Å²) in [4.78, 5) is 11.7. The van der Waals surface area contributed by atoms with Gasteiger partial charge < -0.3 is 10.6 Å². The van der Waals surface area contributed by atoms with Crippen LogP contribution in [0.25, 0.3) is 0 Å². The highest BCUT2D eigenvalue weighted by Gasteiger charge is 2.07. The van der Waals surface area contributed by atoms with Gasteiger partial charge in [-0.25, -0.2) is 13.6 Å². The number of hydrogen-bond donors (Lipinski definition) is 2. The maximum Gasteiger partial charge on any atom is 0.323 e. The number of carbonyl (C=O) groups excluding carboxylic acids is 1. The minimum Gasteiger partial charge on any atom is -0.308 e. The van der Waals surface area contributed by atoms with Gasteiger partial charge in [0.05, 0.1) is 0 Å². The molecule has 2 aromatic rings. The summed E-state index contributed by atoms with van der Waals surface area (Å²) >= 11 is 3.36. The summed E-state index contributed by atoms with van der Waals surface area (Å²) < 4.78 is 26.7. The van der Waals surface area contributed by atoms with Crippen molar-refractivity contribution in [2.45, 2.75) is 6.92 Å². The first-order chi connectivity index (χ1) is 9.45. The summed E-state index contributed by atoms with van der Waals surface area (Å²) in [6.07, 6.45) is 0. The smallest absolute Gasteiger partial charge is 0.308 e. The van der Waals surface area contributed by atoms with Gasteiger partial charge in [0.1, 0.15) is 0 Å². The Hall–Kier alpha value is -1.95. The fourth-order valence-corrected chi connectivity index (χ4v) is 1.84. The molecule has 0 unspecified atom stereocenters. The number of urea groups is 1. The van der Waals surface area contributed by atoms with Gasteiger partial charge in [-0.3, -0.25) is 0 Å². The van der Waals surface area contributed by atoms with Gasteiger partial charge in [-0.15, -0.1) is 0 Å². The van der Waals surface area contributed by atoms with Gasteiger partial charge in [0, 0.05) is 21.9 Å². The van der Waals surface area contributed by atoms with Crippen LogP contribution in [0, 0.1) is 18.6 Å². The minimum atomic E-state index is -1.01. The highest BCUT2D eigenvalue weighted by atomic mass is 79.9. The maximum atomic E-state index is 13.0. The van der Waals surface area contributed by atoms with Gasteiger partial charge in [0.2, 0.25) is 0 Å². The standard InChI is InChI=1S/C14H11BrF2N2O/c1-8-6-9(2-4-11(8)15)18-14(20)19-10-3-5-12(16)13(17)7-10/h2-7H,1H3,(H2,18,19,20). The number of aryl methyl sites for hydroxylation is 1. The van der Waals surface area contributed by atoms with Crippen molar-refractivity contribution in [1.29, 1.82) is 0 Å². The molecule has 2 N–H and O–H groups in total. The Morgan fingerprint density at radius 2 is 1.60 bits per heavy atom. The Morgan fingerprint density at radius 1 is 1.00 bits per heavy atom.